The van der Waals surface area contributed by atoms with Gasteiger partial charge >= 0.3 is 0 Å². The number of carbonyl (C=O) groups excluding carboxylic acids is 1. The van der Waals surface area contributed by atoms with Gasteiger partial charge in [-0.25, -0.2) is 0 Å². The van der Waals surface area contributed by atoms with Crippen LogP contribution in [0.5, 0.6) is 0 Å². The number of nitrogens with one attached hydrogen (secondary N) is 1. The minimum absolute atomic E-state index is 0.122. The molecule has 0 aromatic heterocycles. The minimum Gasteiger partial charge on any atom is -0.392 e. The van der Waals surface area contributed by atoms with Gasteiger partial charge in [0.05, 0.1) is 12.7 Å². The Hall–Kier alpha value is -1.39. The van der Waals surface area contributed by atoms with E-state index in [0.29, 0.717) is 17.7 Å². The Labute approximate surface area is 101 Å². The second kappa shape index (κ2) is 5.80. The lowest BCUT2D eigenvalue weighted by Crippen LogP contribution is -2.32. The lowest BCUT2D eigenvalue weighted by molar-refractivity contribution is 0.0855. The van der Waals surface area contributed by atoms with Crippen molar-refractivity contribution >= 4 is 5.91 Å². The van der Waals surface area contributed by atoms with E-state index >= 15 is 0 Å². The van der Waals surface area contributed by atoms with Gasteiger partial charge in [-0.3, -0.25) is 4.79 Å². The summed E-state index contributed by atoms with van der Waals surface area (Å²) in [6.45, 7) is 1.20. The van der Waals surface area contributed by atoms with Crippen LogP contribution in [0.15, 0.2) is 24.3 Å². The van der Waals surface area contributed by atoms with Crippen LogP contribution in [-0.4, -0.2) is 30.3 Å². The average Bonchev–Trinajstić information content (AvgIpc) is 2.89. The summed E-state index contributed by atoms with van der Waals surface area (Å²) in [7, 11) is 0. The molecule has 1 aliphatic heterocycles. The number of hydrogen-bond donors (Lipinski definition) is 2. The van der Waals surface area contributed by atoms with Crippen LogP contribution in [0.4, 0.5) is 0 Å². The van der Waals surface area contributed by atoms with Crippen molar-refractivity contribution in [1.82, 2.24) is 5.32 Å². The molecule has 17 heavy (non-hydrogen) atoms. The van der Waals surface area contributed by atoms with Crippen LogP contribution in [0, 0.1) is 0 Å². The molecule has 0 bridgehead atoms. The number of ether oxygens (including phenoxy) is 1. The topological polar surface area (TPSA) is 58.6 Å². The van der Waals surface area contributed by atoms with E-state index in [9.17, 15) is 4.79 Å². The molecule has 1 atom stereocenters. The highest BCUT2D eigenvalue weighted by atomic mass is 16.5. The quantitative estimate of drug-likeness (QED) is 0.821. The highest BCUT2D eigenvalue weighted by molar-refractivity contribution is 5.95. The molecule has 2 rings (SSSR count). The standard InChI is InChI=1S/C13H17NO3/c15-9-10-4-1-2-6-12(10)13(16)14-8-11-5-3-7-17-11/h1-2,4,6,11,15H,3,5,7-9H2,(H,14,16)/t11-/m1/s1. The number of aliphatic hydroxyl groups is 1. The summed E-state index contributed by atoms with van der Waals surface area (Å²) in [6.07, 6.45) is 2.20. The summed E-state index contributed by atoms with van der Waals surface area (Å²) in [6, 6.07) is 7.07. The molecule has 92 valence electrons. The Morgan fingerprint density at radius 2 is 2.29 bits per heavy atom. The van der Waals surface area contributed by atoms with Gasteiger partial charge in [0.15, 0.2) is 0 Å². The first-order valence-electron chi connectivity index (χ1n) is 5.90. The molecular formula is C13H17NO3. The number of amides is 1. The van der Waals surface area contributed by atoms with Crippen molar-refractivity contribution in [2.24, 2.45) is 0 Å². The Bertz CT molecular complexity index is 386. The maximum Gasteiger partial charge on any atom is 0.251 e. The Morgan fingerprint density at radius 1 is 1.47 bits per heavy atom. The third kappa shape index (κ3) is 3.05. The smallest absolute Gasteiger partial charge is 0.251 e. The fourth-order valence-corrected chi connectivity index (χ4v) is 1.99. The van der Waals surface area contributed by atoms with E-state index in [1.807, 2.05) is 6.07 Å². The lowest BCUT2D eigenvalue weighted by Gasteiger charge is -2.12. The first-order valence-corrected chi connectivity index (χ1v) is 5.90. The third-order valence-electron chi connectivity index (χ3n) is 2.95. The fraction of sp³-hybridized carbons (Fsp3) is 0.462. The zero-order valence-corrected chi connectivity index (χ0v) is 9.69. The molecule has 0 unspecified atom stereocenters. The van der Waals surface area contributed by atoms with E-state index in [1.165, 1.54) is 0 Å². The molecule has 1 amide bonds. The van der Waals surface area contributed by atoms with Crippen LogP contribution < -0.4 is 5.32 Å². The van der Waals surface area contributed by atoms with Crippen molar-refractivity contribution < 1.29 is 14.6 Å². The van der Waals surface area contributed by atoms with Crippen LogP contribution in [0.2, 0.25) is 0 Å². The van der Waals surface area contributed by atoms with Crippen molar-refractivity contribution in [3.05, 3.63) is 35.4 Å². The lowest BCUT2D eigenvalue weighted by atomic mass is 10.1. The Balaban J connectivity index is 1.94. The third-order valence-corrected chi connectivity index (χ3v) is 2.95. The summed E-state index contributed by atoms with van der Waals surface area (Å²) in [5.41, 5.74) is 1.19. The number of carbonyl (C=O) groups is 1. The zero-order chi connectivity index (χ0) is 12.1. The molecule has 0 spiro atoms. The number of aliphatic hydroxyl groups excluding tert-OH is 1. The van der Waals surface area contributed by atoms with E-state index in [2.05, 4.69) is 5.32 Å². The molecule has 1 aromatic rings. The Kier molecular flexibility index (Phi) is 4.12. The van der Waals surface area contributed by atoms with E-state index in [0.717, 1.165) is 19.4 Å². The van der Waals surface area contributed by atoms with Crippen molar-refractivity contribution in [2.75, 3.05) is 13.2 Å². The maximum atomic E-state index is 11.9. The summed E-state index contributed by atoms with van der Waals surface area (Å²) in [5.74, 6) is -0.148. The molecule has 2 N–H and O–H groups in total. The maximum absolute atomic E-state index is 11.9. The SMILES string of the molecule is O=C(NC[C@H]1CCCO1)c1ccccc1CO. The van der Waals surface area contributed by atoms with E-state index in [4.69, 9.17) is 9.84 Å². The van der Waals surface area contributed by atoms with Crippen molar-refractivity contribution in [2.45, 2.75) is 25.6 Å². The first kappa shape index (κ1) is 12.1. The Morgan fingerprint density at radius 3 is 3.00 bits per heavy atom. The summed E-state index contributed by atoms with van der Waals surface area (Å²) < 4.78 is 5.43. The van der Waals surface area contributed by atoms with Crippen LogP contribution in [0.25, 0.3) is 0 Å². The van der Waals surface area contributed by atoms with Gasteiger partial charge in [0.25, 0.3) is 5.91 Å². The minimum atomic E-state index is -0.148. The highest BCUT2D eigenvalue weighted by Crippen LogP contribution is 2.12. The zero-order valence-electron chi connectivity index (χ0n) is 9.69. The molecule has 4 nitrogen and oxygen atoms in total. The molecule has 1 heterocycles. The summed E-state index contributed by atoms with van der Waals surface area (Å²) in [4.78, 5) is 11.9. The highest BCUT2D eigenvalue weighted by Gasteiger charge is 2.17. The molecule has 1 fully saturated rings. The summed E-state index contributed by atoms with van der Waals surface area (Å²) >= 11 is 0. The summed E-state index contributed by atoms with van der Waals surface area (Å²) in [5, 5.41) is 12.0. The van der Waals surface area contributed by atoms with Gasteiger partial charge in [0.1, 0.15) is 0 Å². The molecule has 1 aliphatic rings. The molecular weight excluding hydrogens is 218 g/mol. The van der Waals surface area contributed by atoms with E-state index in [1.54, 1.807) is 18.2 Å². The van der Waals surface area contributed by atoms with Gasteiger partial charge in [-0.15, -0.1) is 0 Å². The number of rotatable bonds is 4. The first-order chi connectivity index (χ1) is 8.31. The van der Waals surface area contributed by atoms with Gasteiger partial charge in [-0.05, 0) is 24.5 Å². The van der Waals surface area contributed by atoms with E-state index in [-0.39, 0.29) is 18.6 Å². The number of benzene rings is 1. The van der Waals surface area contributed by atoms with Crippen LogP contribution in [-0.2, 0) is 11.3 Å². The van der Waals surface area contributed by atoms with Crippen molar-refractivity contribution in [1.29, 1.82) is 0 Å². The molecule has 1 aromatic carbocycles. The predicted octanol–water partition coefficient (Wildman–Crippen LogP) is 1.09. The van der Waals surface area contributed by atoms with Gasteiger partial charge in [-0.2, -0.15) is 0 Å². The van der Waals surface area contributed by atoms with Gasteiger partial charge in [-0.1, -0.05) is 18.2 Å². The second-order valence-corrected chi connectivity index (χ2v) is 4.16. The van der Waals surface area contributed by atoms with Crippen molar-refractivity contribution in [3.63, 3.8) is 0 Å². The predicted molar refractivity (Wildman–Crippen MR) is 63.7 cm³/mol. The molecule has 0 saturated carbocycles. The molecule has 4 heteroatoms. The molecule has 1 saturated heterocycles. The van der Waals surface area contributed by atoms with Gasteiger partial charge < -0.3 is 15.2 Å². The second-order valence-electron chi connectivity index (χ2n) is 4.16. The average molecular weight is 235 g/mol. The van der Waals surface area contributed by atoms with Gasteiger partial charge in [0.2, 0.25) is 0 Å². The normalized spacial score (nSPS) is 19.2. The molecule has 0 aliphatic carbocycles. The van der Waals surface area contributed by atoms with E-state index < -0.39 is 0 Å². The largest absolute Gasteiger partial charge is 0.392 e. The molecule has 0 radical (unpaired) electrons. The number of hydrogen-bond acceptors (Lipinski definition) is 3. The monoisotopic (exact) mass is 235 g/mol. The fourth-order valence-electron chi connectivity index (χ4n) is 1.99. The van der Waals surface area contributed by atoms with Crippen molar-refractivity contribution in [3.8, 4) is 0 Å². The van der Waals surface area contributed by atoms with Crippen LogP contribution in [0.3, 0.4) is 0 Å². The van der Waals surface area contributed by atoms with Crippen LogP contribution >= 0.6 is 0 Å². The van der Waals surface area contributed by atoms with Gasteiger partial charge in [0, 0.05) is 18.7 Å². The van der Waals surface area contributed by atoms with Crippen LogP contribution in [0.1, 0.15) is 28.8 Å².